The van der Waals surface area contributed by atoms with Crippen LogP contribution in [0.5, 0.6) is 0 Å². The highest BCUT2D eigenvalue weighted by atomic mass is 35.5. The topological polar surface area (TPSA) is 38.3 Å². The van der Waals surface area contributed by atoms with Gasteiger partial charge < -0.3 is 10.1 Å². The second kappa shape index (κ2) is 4.31. The van der Waals surface area contributed by atoms with Crippen LogP contribution < -0.4 is 5.32 Å². The molecule has 17 heavy (non-hydrogen) atoms. The van der Waals surface area contributed by atoms with Gasteiger partial charge in [-0.05, 0) is 23.8 Å². The Balaban J connectivity index is 2.39. The van der Waals surface area contributed by atoms with Crippen LogP contribution in [0, 0.1) is 0 Å². The molecular formula is C10H7Cl2F2NO2. The van der Waals surface area contributed by atoms with Crippen LogP contribution in [0.4, 0.5) is 13.6 Å². The predicted molar refractivity (Wildman–Crippen MR) is 58.6 cm³/mol. The molecule has 1 amide bonds. The third kappa shape index (κ3) is 2.61. The van der Waals surface area contributed by atoms with Gasteiger partial charge >= 0.3 is 12.0 Å². The molecular weight excluding hydrogens is 275 g/mol. The fourth-order valence-corrected chi connectivity index (χ4v) is 2.12. The first-order valence-electron chi connectivity index (χ1n) is 4.65. The van der Waals surface area contributed by atoms with Gasteiger partial charge in [0.2, 0.25) is 0 Å². The van der Waals surface area contributed by atoms with Crippen molar-refractivity contribution in [3.63, 3.8) is 0 Å². The summed E-state index contributed by atoms with van der Waals surface area (Å²) in [6.07, 6.45) is -0.892. The monoisotopic (exact) mass is 281 g/mol. The van der Waals surface area contributed by atoms with Crippen molar-refractivity contribution in [2.75, 3.05) is 6.61 Å². The standard InChI is InChI=1S/C10H7Cl2F2NO2/c11-6-1-5(2-7(12)3-6)8-10(13,14)4-17-9(16)15-8/h1-3,8H,4H2,(H,15,16)/t8-/m1/s1. The minimum Gasteiger partial charge on any atom is -0.443 e. The number of amides is 1. The Morgan fingerprint density at radius 3 is 2.47 bits per heavy atom. The van der Waals surface area contributed by atoms with E-state index >= 15 is 0 Å². The van der Waals surface area contributed by atoms with Crippen molar-refractivity contribution in [3.05, 3.63) is 33.8 Å². The molecule has 1 aromatic carbocycles. The third-order valence-electron chi connectivity index (χ3n) is 2.30. The van der Waals surface area contributed by atoms with Gasteiger partial charge in [0.15, 0.2) is 6.61 Å². The van der Waals surface area contributed by atoms with E-state index in [2.05, 4.69) is 4.74 Å². The van der Waals surface area contributed by atoms with Gasteiger partial charge in [-0.2, -0.15) is 0 Å². The van der Waals surface area contributed by atoms with Gasteiger partial charge in [0.25, 0.3) is 0 Å². The summed E-state index contributed by atoms with van der Waals surface area (Å²) in [4.78, 5) is 11.0. The molecule has 0 bridgehead atoms. The summed E-state index contributed by atoms with van der Waals surface area (Å²) in [6.45, 7) is -0.965. The van der Waals surface area contributed by atoms with E-state index in [4.69, 9.17) is 23.2 Å². The van der Waals surface area contributed by atoms with Crippen LogP contribution in [0.25, 0.3) is 0 Å². The number of alkyl carbamates (subject to hydrolysis) is 1. The summed E-state index contributed by atoms with van der Waals surface area (Å²) in [5.74, 6) is -3.21. The highest BCUT2D eigenvalue weighted by Crippen LogP contribution is 2.36. The predicted octanol–water partition coefficient (Wildman–Crippen LogP) is 3.41. The van der Waals surface area contributed by atoms with Crippen LogP contribution in [0.1, 0.15) is 11.6 Å². The lowest BCUT2D eigenvalue weighted by Gasteiger charge is -2.31. The van der Waals surface area contributed by atoms with E-state index in [9.17, 15) is 13.6 Å². The summed E-state index contributed by atoms with van der Waals surface area (Å²) in [5, 5.41) is 2.50. The smallest absolute Gasteiger partial charge is 0.408 e. The van der Waals surface area contributed by atoms with Crippen LogP contribution in [0.2, 0.25) is 10.0 Å². The van der Waals surface area contributed by atoms with Crippen molar-refractivity contribution in [2.24, 2.45) is 0 Å². The Morgan fingerprint density at radius 2 is 1.88 bits per heavy atom. The van der Waals surface area contributed by atoms with E-state index in [1.807, 2.05) is 5.32 Å². The van der Waals surface area contributed by atoms with E-state index < -0.39 is 24.7 Å². The Kier molecular flexibility index (Phi) is 3.14. The number of halogens is 4. The molecule has 0 saturated carbocycles. The molecule has 1 heterocycles. The molecule has 1 saturated heterocycles. The second-order valence-corrected chi connectivity index (χ2v) is 4.49. The largest absolute Gasteiger partial charge is 0.443 e. The molecule has 0 aromatic heterocycles. The third-order valence-corrected chi connectivity index (χ3v) is 2.73. The van der Waals surface area contributed by atoms with Crippen LogP contribution >= 0.6 is 23.2 Å². The quantitative estimate of drug-likeness (QED) is 0.857. The lowest BCUT2D eigenvalue weighted by Crippen LogP contribution is -2.49. The number of cyclic esters (lactones) is 1. The van der Waals surface area contributed by atoms with Crippen LogP contribution in [-0.2, 0) is 4.74 Å². The molecule has 2 rings (SSSR count). The van der Waals surface area contributed by atoms with Gasteiger partial charge in [-0.3, -0.25) is 0 Å². The van der Waals surface area contributed by atoms with Crippen LogP contribution in [0.3, 0.4) is 0 Å². The summed E-state index contributed by atoms with van der Waals surface area (Å²) in [6, 6.07) is 2.60. The maximum atomic E-state index is 13.6. The molecule has 7 heteroatoms. The minimum atomic E-state index is -3.21. The summed E-state index contributed by atoms with van der Waals surface area (Å²) in [5.41, 5.74) is 0.143. The van der Waals surface area contributed by atoms with Crippen LogP contribution in [0.15, 0.2) is 18.2 Å². The van der Waals surface area contributed by atoms with Crippen molar-refractivity contribution < 1.29 is 18.3 Å². The number of hydrogen-bond acceptors (Lipinski definition) is 2. The van der Waals surface area contributed by atoms with E-state index in [0.29, 0.717) is 0 Å². The van der Waals surface area contributed by atoms with E-state index in [-0.39, 0.29) is 15.6 Å². The molecule has 0 aliphatic carbocycles. The number of ether oxygens (including phenoxy) is 1. The zero-order chi connectivity index (χ0) is 12.6. The molecule has 1 atom stereocenters. The Bertz CT molecular complexity index is 447. The maximum Gasteiger partial charge on any atom is 0.408 e. The first-order valence-corrected chi connectivity index (χ1v) is 5.41. The summed E-state index contributed by atoms with van der Waals surface area (Å²) >= 11 is 11.5. The number of carbonyl (C=O) groups excluding carboxylic acids is 1. The maximum absolute atomic E-state index is 13.6. The van der Waals surface area contributed by atoms with Gasteiger partial charge in [0.1, 0.15) is 6.04 Å². The molecule has 1 aliphatic heterocycles. The van der Waals surface area contributed by atoms with E-state index in [1.165, 1.54) is 18.2 Å². The summed E-state index contributed by atoms with van der Waals surface area (Å²) < 4.78 is 31.4. The average Bonchev–Trinajstić information content (AvgIpc) is 2.20. The van der Waals surface area contributed by atoms with Gasteiger partial charge in [-0.1, -0.05) is 23.2 Å². The average molecular weight is 282 g/mol. The fourth-order valence-electron chi connectivity index (χ4n) is 1.58. The number of alkyl halides is 2. The van der Waals surface area contributed by atoms with Crippen molar-refractivity contribution in [1.29, 1.82) is 0 Å². The van der Waals surface area contributed by atoms with Crippen LogP contribution in [-0.4, -0.2) is 18.6 Å². The van der Waals surface area contributed by atoms with Crippen molar-refractivity contribution in [2.45, 2.75) is 12.0 Å². The molecule has 0 spiro atoms. The lowest BCUT2D eigenvalue weighted by molar-refractivity contribution is -0.104. The van der Waals surface area contributed by atoms with Gasteiger partial charge in [0.05, 0.1) is 0 Å². The molecule has 0 radical (unpaired) electrons. The molecule has 1 aromatic rings. The molecule has 1 N–H and O–H groups in total. The van der Waals surface area contributed by atoms with Gasteiger partial charge in [-0.15, -0.1) is 0 Å². The second-order valence-electron chi connectivity index (χ2n) is 3.62. The highest BCUT2D eigenvalue weighted by Gasteiger charge is 2.46. The Morgan fingerprint density at radius 1 is 1.29 bits per heavy atom. The number of carbonyl (C=O) groups is 1. The first-order chi connectivity index (χ1) is 7.88. The molecule has 3 nitrogen and oxygen atoms in total. The minimum absolute atomic E-state index is 0.143. The molecule has 92 valence electrons. The lowest BCUT2D eigenvalue weighted by atomic mass is 10.0. The van der Waals surface area contributed by atoms with E-state index in [1.54, 1.807) is 0 Å². The number of rotatable bonds is 1. The zero-order valence-corrected chi connectivity index (χ0v) is 9.86. The SMILES string of the molecule is O=C1N[C@H](c2cc(Cl)cc(Cl)c2)C(F)(F)CO1. The van der Waals surface area contributed by atoms with E-state index in [0.717, 1.165) is 0 Å². The normalized spacial score (nSPS) is 22.8. The number of nitrogens with one attached hydrogen (secondary N) is 1. The Hall–Kier alpha value is -1.07. The molecule has 0 unspecified atom stereocenters. The van der Waals surface area contributed by atoms with Crippen molar-refractivity contribution >= 4 is 29.3 Å². The van der Waals surface area contributed by atoms with Crippen molar-refractivity contribution in [3.8, 4) is 0 Å². The molecule has 1 fully saturated rings. The van der Waals surface area contributed by atoms with Crippen molar-refractivity contribution in [1.82, 2.24) is 5.32 Å². The first kappa shape index (κ1) is 12.4. The Labute approximate surface area is 106 Å². The summed E-state index contributed by atoms with van der Waals surface area (Å²) in [7, 11) is 0. The van der Waals surface area contributed by atoms with Gasteiger partial charge in [-0.25, -0.2) is 13.6 Å². The highest BCUT2D eigenvalue weighted by molar-refractivity contribution is 6.34. The number of benzene rings is 1. The fraction of sp³-hybridized carbons (Fsp3) is 0.300. The molecule has 1 aliphatic rings. The van der Waals surface area contributed by atoms with Gasteiger partial charge in [0, 0.05) is 10.0 Å². The number of hydrogen-bond donors (Lipinski definition) is 1. The zero-order valence-electron chi connectivity index (χ0n) is 8.34.